The minimum absolute atomic E-state index is 0.0325. The molecule has 3 aliphatic rings. The van der Waals surface area contributed by atoms with E-state index in [0.717, 1.165) is 19.3 Å². The average Bonchev–Trinajstić information content (AvgIpc) is 3.39. The maximum Gasteiger partial charge on any atom is 0.311 e. The summed E-state index contributed by atoms with van der Waals surface area (Å²) in [6.07, 6.45) is 7.12. The number of carbonyl (C=O) groups is 3. The molecule has 3 aliphatic heterocycles. The van der Waals surface area contributed by atoms with Crippen LogP contribution in [-0.2, 0) is 19.1 Å². The lowest BCUT2D eigenvalue weighted by Gasteiger charge is -2.47. The van der Waals surface area contributed by atoms with Crippen molar-refractivity contribution < 1.29 is 24.2 Å². The third-order valence-electron chi connectivity index (χ3n) is 9.08. The third-order valence-corrected chi connectivity index (χ3v) is 11.1. The first kappa shape index (κ1) is 32.7. The van der Waals surface area contributed by atoms with E-state index in [2.05, 4.69) is 54.7 Å². The fraction of sp³-hybridized carbons (Fsp3) is 0.781. The van der Waals surface area contributed by atoms with Crippen molar-refractivity contribution in [1.29, 1.82) is 0 Å². The smallest absolute Gasteiger partial charge is 0.311 e. The van der Waals surface area contributed by atoms with Gasteiger partial charge in [-0.3, -0.25) is 14.4 Å². The van der Waals surface area contributed by atoms with Crippen LogP contribution in [0.1, 0.15) is 87.5 Å². The van der Waals surface area contributed by atoms with Gasteiger partial charge >= 0.3 is 5.97 Å². The molecule has 2 bridgehead atoms. The molecule has 0 aliphatic carbocycles. The summed E-state index contributed by atoms with van der Waals surface area (Å²) in [7, 11) is 0. The number of hydrogen-bond acceptors (Lipinski definition) is 6. The first-order valence-electron chi connectivity index (χ1n) is 14.8. The quantitative estimate of drug-likeness (QED) is 0.184. The third kappa shape index (κ3) is 5.77. The lowest BCUT2D eigenvalue weighted by atomic mass is 9.66. The van der Waals surface area contributed by atoms with E-state index < -0.39 is 39.0 Å². The maximum absolute atomic E-state index is 14.9. The van der Waals surface area contributed by atoms with Crippen molar-refractivity contribution in [2.45, 2.75) is 115 Å². The Morgan fingerprint density at radius 3 is 2.38 bits per heavy atom. The number of likely N-dealkylation sites (tertiary alicyclic amines) is 1. The number of thioether (sulfide) groups is 1. The number of carbonyl (C=O) groups excluding carboxylic acids is 3. The van der Waals surface area contributed by atoms with E-state index in [1.807, 2.05) is 18.7 Å². The van der Waals surface area contributed by atoms with E-state index >= 15 is 0 Å². The molecule has 2 amide bonds. The molecule has 6 atom stereocenters. The summed E-state index contributed by atoms with van der Waals surface area (Å²) in [5, 5.41) is 10.5. The summed E-state index contributed by atoms with van der Waals surface area (Å²) in [4.78, 5) is 46.5. The number of esters is 1. The van der Waals surface area contributed by atoms with E-state index in [-0.39, 0.29) is 42.3 Å². The minimum Gasteiger partial charge on any atom is -0.465 e. The first-order valence-corrected chi connectivity index (χ1v) is 15.7. The van der Waals surface area contributed by atoms with Gasteiger partial charge in [0.25, 0.3) is 0 Å². The summed E-state index contributed by atoms with van der Waals surface area (Å²) in [5.41, 5.74) is -0.538. The number of nitrogens with zero attached hydrogens (tertiary/aromatic N) is 2. The van der Waals surface area contributed by atoms with Gasteiger partial charge in [0.1, 0.15) is 6.04 Å². The highest BCUT2D eigenvalue weighted by molar-refractivity contribution is 8.02. The van der Waals surface area contributed by atoms with Crippen LogP contribution in [0.3, 0.4) is 0 Å². The van der Waals surface area contributed by atoms with Gasteiger partial charge in [0, 0.05) is 16.8 Å². The lowest BCUT2D eigenvalue weighted by molar-refractivity contribution is -0.156. The number of allylic oxidation sites excluding steroid dienone is 1. The fourth-order valence-corrected chi connectivity index (χ4v) is 10.1. The number of amides is 2. The molecule has 0 saturated carbocycles. The van der Waals surface area contributed by atoms with Crippen molar-refractivity contribution in [2.75, 3.05) is 19.8 Å². The predicted octanol–water partition coefficient (Wildman–Crippen LogP) is 5.22. The molecule has 2 unspecified atom stereocenters. The molecule has 1 N–H and O–H groups in total. The topological polar surface area (TPSA) is 87.1 Å². The van der Waals surface area contributed by atoms with Crippen molar-refractivity contribution in [2.24, 2.45) is 23.2 Å². The lowest BCUT2D eigenvalue weighted by Crippen LogP contribution is -2.62. The van der Waals surface area contributed by atoms with E-state index in [1.54, 1.807) is 28.8 Å². The Hall–Kier alpha value is -1.80. The van der Waals surface area contributed by atoms with E-state index in [1.165, 1.54) is 0 Å². The van der Waals surface area contributed by atoms with Gasteiger partial charge in [-0.25, -0.2) is 0 Å². The fourth-order valence-electron chi connectivity index (χ4n) is 7.77. The Morgan fingerprint density at radius 2 is 1.85 bits per heavy atom. The standard InChI is InChI=1S/C32H52N2O5S/c1-11-13-14-18-39-28(38)24-23-26(36)34(22(19-35)21(3)4)25(32(23)16-15-31(24,10)40-32)27(37)33(17-12-2)30(8,9)20-29(5,6)7/h11-12,21-25,35H,1-2,13-20H2,3-10H3/t22-,23-,24+,25?,31-,32?/m0/s1. The van der Waals surface area contributed by atoms with Gasteiger partial charge in [-0.1, -0.05) is 46.8 Å². The van der Waals surface area contributed by atoms with Gasteiger partial charge in [0.2, 0.25) is 11.8 Å². The summed E-state index contributed by atoms with van der Waals surface area (Å²) >= 11 is 1.64. The van der Waals surface area contributed by atoms with Gasteiger partial charge in [0.05, 0.1) is 35.8 Å². The molecule has 3 heterocycles. The number of unbranched alkanes of at least 4 members (excludes halogenated alkanes) is 1. The molecule has 0 radical (unpaired) electrons. The van der Waals surface area contributed by atoms with Crippen LogP contribution in [0.15, 0.2) is 25.3 Å². The van der Waals surface area contributed by atoms with E-state index in [0.29, 0.717) is 19.4 Å². The van der Waals surface area contributed by atoms with Crippen LogP contribution in [0.25, 0.3) is 0 Å². The SMILES string of the molecule is C=CCCCOC(=O)[C@H]1[C@H]2C(=O)N([C@@H](CO)C(C)C)C(C(=O)N(CC=C)C(C)(C)CC(C)(C)C)C23CC[C@]1(C)S3. The summed E-state index contributed by atoms with van der Waals surface area (Å²) < 4.78 is 4.49. The second-order valence-corrected chi connectivity index (χ2v) is 16.2. The first-order chi connectivity index (χ1) is 18.5. The monoisotopic (exact) mass is 576 g/mol. The van der Waals surface area contributed by atoms with Crippen LogP contribution in [0, 0.1) is 23.2 Å². The highest BCUT2D eigenvalue weighted by atomic mass is 32.2. The molecule has 0 aromatic heterocycles. The van der Waals surface area contributed by atoms with Crippen molar-refractivity contribution in [3.05, 3.63) is 25.3 Å². The molecular weight excluding hydrogens is 524 g/mol. The number of rotatable bonds is 13. The number of ether oxygens (including phenoxy) is 1. The van der Waals surface area contributed by atoms with Crippen LogP contribution in [-0.4, -0.2) is 79.6 Å². The van der Waals surface area contributed by atoms with Gasteiger partial charge in [-0.15, -0.1) is 24.9 Å². The van der Waals surface area contributed by atoms with Crippen LogP contribution < -0.4 is 0 Å². The molecule has 226 valence electrons. The maximum atomic E-state index is 14.9. The normalized spacial score (nSPS) is 30.4. The van der Waals surface area contributed by atoms with Crippen molar-refractivity contribution in [3.8, 4) is 0 Å². The summed E-state index contributed by atoms with van der Waals surface area (Å²) in [5.74, 6) is -2.06. The Morgan fingerprint density at radius 1 is 1.20 bits per heavy atom. The number of hydrogen-bond donors (Lipinski definition) is 1. The molecule has 3 fully saturated rings. The molecule has 3 rings (SSSR count). The Balaban J connectivity index is 2.12. The van der Waals surface area contributed by atoms with Gasteiger partial charge in [-0.05, 0) is 64.2 Å². The van der Waals surface area contributed by atoms with Crippen molar-refractivity contribution in [1.82, 2.24) is 9.80 Å². The molecule has 3 saturated heterocycles. The molecule has 0 aromatic carbocycles. The Kier molecular flexibility index (Phi) is 9.67. The molecule has 40 heavy (non-hydrogen) atoms. The van der Waals surface area contributed by atoms with Crippen LogP contribution in [0.2, 0.25) is 0 Å². The average molecular weight is 577 g/mol. The highest BCUT2D eigenvalue weighted by Gasteiger charge is 2.78. The second-order valence-electron chi connectivity index (χ2n) is 14.4. The molecule has 7 nitrogen and oxygen atoms in total. The Labute approximate surface area is 246 Å². The minimum atomic E-state index is -0.783. The molecule has 1 spiro atoms. The van der Waals surface area contributed by atoms with Crippen molar-refractivity contribution in [3.63, 3.8) is 0 Å². The summed E-state index contributed by atoms with van der Waals surface area (Å²) in [6.45, 7) is 24.7. The molecule has 8 heteroatoms. The summed E-state index contributed by atoms with van der Waals surface area (Å²) in [6, 6.07) is -1.32. The zero-order valence-electron chi connectivity index (χ0n) is 26.0. The predicted molar refractivity (Wildman–Crippen MR) is 162 cm³/mol. The van der Waals surface area contributed by atoms with Crippen LogP contribution >= 0.6 is 11.8 Å². The van der Waals surface area contributed by atoms with Crippen molar-refractivity contribution >= 4 is 29.5 Å². The van der Waals surface area contributed by atoms with Gasteiger partial charge in [-0.2, -0.15) is 0 Å². The number of aliphatic hydroxyl groups excluding tert-OH is 1. The number of aliphatic hydroxyl groups is 1. The Bertz CT molecular complexity index is 1000. The second kappa shape index (κ2) is 11.8. The van der Waals surface area contributed by atoms with Gasteiger partial charge in [0.15, 0.2) is 0 Å². The zero-order valence-corrected chi connectivity index (χ0v) is 26.8. The van der Waals surface area contributed by atoms with Gasteiger partial charge < -0.3 is 19.6 Å². The largest absolute Gasteiger partial charge is 0.465 e. The molecule has 0 aromatic rings. The van der Waals surface area contributed by atoms with Crippen LogP contribution in [0.4, 0.5) is 0 Å². The highest BCUT2D eigenvalue weighted by Crippen LogP contribution is 2.72. The number of fused-ring (bicyclic) bond motifs is 1. The molecular formula is C32H52N2O5S. The van der Waals surface area contributed by atoms with E-state index in [4.69, 9.17) is 4.74 Å². The zero-order chi connectivity index (χ0) is 30.3. The van der Waals surface area contributed by atoms with E-state index in [9.17, 15) is 19.5 Å². The van der Waals surface area contributed by atoms with Crippen LogP contribution in [0.5, 0.6) is 0 Å².